The maximum absolute atomic E-state index is 13.5. The summed E-state index contributed by atoms with van der Waals surface area (Å²) in [5.41, 5.74) is 0.521. The number of nitrogens with one attached hydrogen (secondary N) is 1. The van der Waals surface area contributed by atoms with Crippen molar-refractivity contribution in [2.45, 2.75) is 20.8 Å². The third-order valence-electron chi connectivity index (χ3n) is 4.13. The highest BCUT2D eigenvalue weighted by Gasteiger charge is 2.46. The summed E-state index contributed by atoms with van der Waals surface area (Å²) in [5.74, 6) is -0.113. The van der Waals surface area contributed by atoms with Gasteiger partial charge in [0.25, 0.3) is 5.91 Å². The average molecular weight is 424 g/mol. The number of anilines is 1. The maximum atomic E-state index is 13.5. The number of methoxy groups -OCH3 is 1. The first kappa shape index (κ1) is 21.0. The van der Waals surface area contributed by atoms with Gasteiger partial charge in [0.2, 0.25) is 4.08 Å². The van der Waals surface area contributed by atoms with E-state index in [1.165, 1.54) is 30.4 Å². The molecule has 0 bridgehead atoms. The van der Waals surface area contributed by atoms with E-state index in [1.807, 2.05) is 72.8 Å². The zero-order chi connectivity index (χ0) is 20.7. The lowest BCUT2D eigenvalue weighted by molar-refractivity contribution is -0.124. The van der Waals surface area contributed by atoms with Crippen LogP contribution in [0, 0.1) is 0 Å². The first-order valence-corrected chi connectivity index (χ1v) is 10.6. The van der Waals surface area contributed by atoms with Crippen molar-refractivity contribution in [2.24, 2.45) is 0 Å². The molecule has 1 amide bonds. The van der Waals surface area contributed by atoms with Gasteiger partial charge in [-0.1, -0.05) is 72.1 Å². The summed E-state index contributed by atoms with van der Waals surface area (Å²) >= 11 is 2.48. The normalized spacial score (nSPS) is 11.0. The molecule has 0 unspecified atom stereocenters. The molecular weight excluding hydrogens is 402 g/mol. The van der Waals surface area contributed by atoms with Crippen LogP contribution >= 0.6 is 23.5 Å². The number of hydrogen-bond acceptors (Lipinski definition) is 5. The van der Waals surface area contributed by atoms with Crippen molar-refractivity contribution in [1.29, 1.82) is 0 Å². The Morgan fingerprint density at radius 2 is 1.28 bits per heavy atom. The number of ether oxygens (including phenoxy) is 1. The molecule has 29 heavy (non-hydrogen) atoms. The molecule has 0 aliphatic carbocycles. The molecule has 3 aromatic rings. The Labute approximate surface area is 179 Å². The first-order chi connectivity index (χ1) is 14.0. The van der Waals surface area contributed by atoms with Crippen molar-refractivity contribution in [3.8, 4) is 5.75 Å². The van der Waals surface area contributed by atoms with Crippen LogP contribution in [0.5, 0.6) is 5.75 Å². The molecule has 0 saturated heterocycles. The Morgan fingerprint density at radius 3 is 1.76 bits per heavy atom. The smallest absolute Gasteiger partial charge is 0.259 e. The Balaban J connectivity index is 2.02. The molecule has 0 spiro atoms. The van der Waals surface area contributed by atoms with Crippen LogP contribution in [0.15, 0.2) is 94.7 Å². The number of rotatable bonds is 8. The summed E-state index contributed by atoms with van der Waals surface area (Å²) in [6.07, 6.45) is 0. The number of amides is 1. The van der Waals surface area contributed by atoms with Gasteiger partial charge in [-0.3, -0.25) is 9.59 Å². The van der Waals surface area contributed by atoms with Crippen LogP contribution in [0.25, 0.3) is 0 Å². The van der Waals surface area contributed by atoms with E-state index in [4.69, 9.17) is 4.74 Å². The number of carbonyl (C=O) groups is 2. The molecule has 0 atom stereocenters. The number of carbonyl (C=O) groups excluding carboxylic acids is 2. The van der Waals surface area contributed by atoms with Crippen LogP contribution in [0.3, 0.4) is 0 Å². The SMILES string of the molecule is COc1ccccc1NC(=O)C(Sc1ccccc1)(Sc1ccccc1)C(C)=O. The van der Waals surface area contributed by atoms with E-state index >= 15 is 0 Å². The third kappa shape index (κ3) is 5.02. The zero-order valence-electron chi connectivity index (χ0n) is 16.1. The van der Waals surface area contributed by atoms with E-state index in [9.17, 15) is 9.59 Å². The minimum atomic E-state index is -1.40. The molecule has 0 saturated carbocycles. The van der Waals surface area contributed by atoms with Crippen LogP contribution in [0.2, 0.25) is 0 Å². The Morgan fingerprint density at radius 1 is 0.793 bits per heavy atom. The van der Waals surface area contributed by atoms with Crippen LogP contribution in [-0.4, -0.2) is 22.9 Å². The summed E-state index contributed by atoms with van der Waals surface area (Å²) in [6.45, 7) is 1.45. The topological polar surface area (TPSA) is 55.4 Å². The number of ketones is 1. The molecule has 6 heteroatoms. The van der Waals surface area contributed by atoms with Crippen molar-refractivity contribution >= 4 is 40.9 Å². The fourth-order valence-electron chi connectivity index (χ4n) is 2.68. The first-order valence-electron chi connectivity index (χ1n) is 8.99. The van der Waals surface area contributed by atoms with Gasteiger partial charge in [-0.25, -0.2) is 0 Å². The summed E-state index contributed by atoms with van der Waals surface area (Å²) in [4.78, 5) is 28.1. The summed E-state index contributed by atoms with van der Waals surface area (Å²) in [7, 11) is 1.54. The second kappa shape index (κ2) is 9.67. The molecule has 3 rings (SSSR count). The monoisotopic (exact) mass is 423 g/mol. The molecule has 148 valence electrons. The summed E-state index contributed by atoms with van der Waals surface area (Å²) in [6, 6.07) is 26.1. The Kier molecular flexibility index (Phi) is 7.01. The standard InChI is InChI=1S/C23H21NO3S2/c1-17(25)23(28-18-11-5-3-6-12-18,29-19-13-7-4-8-14-19)22(26)24-20-15-9-10-16-21(20)27-2/h3-16H,1-2H3,(H,24,26). The molecule has 3 aromatic carbocycles. The molecule has 0 radical (unpaired) electrons. The molecular formula is C23H21NO3S2. The fraction of sp³-hybridized carbons (Fsp3) is 0.130. The van der Waals surface area contributed by atoms with E-state index in [1.54, 1.807) is 19.2 Å². The van der Waals surface area contributed by atoms with E-state index in [-0.39, 0.29) is 5.78 Å². The minimum absolute atomic E-state index is 0.243. The average Bonchev–Trinajstić information content (AvgIpc) is 2.75. The lowest BCUT2D eigenvalue weighted by Gasteiger charge is -2.29. The van der Waals surface area contributed by atoms with Crippen molar-refractivity contribution in [3.63, 3.8) is 0 Å². The highest BCUT2D eigenvalue weighted by Crippen LogP contribution is 2.47. The molecule has 1 N–H and O–H groups in total. The summed E-state index contributed by atoms with van der Waals surface area (Å²) < 4.78 is 3.94. The third-order valence-corrected chi connectivity index (χ3v) is 7.16. The Bertz CT molecular complexity index is 936. The van der Waals surface area contributed by atoms with Gasteiger partial charge in [0.05, 0.1) is 12.8 Å². The van der Waals surface area contributed by atoms with Crippen LogP contribution < -0.4 is 10.1 Å². The van der Waals surface area contributed by atoms with Crippen LogP contribution in [0.1, 0.15) is 6.92 Å². The summed E-state index contributed by atoms with van der Waals surface area (Å²) in [5, 5.41) is 2.90. The molecule has 0 fully saturated rings. The largest absolute Gasteiger partial charge is 0.495 e. The molecule has 0 aliphatic rings. The van der Waals surface area contributed by atoms with E-state index in [0.29, 0.717) is 11.4 Å². The zero-order valence-corrected chi connectivity index (χ0v) is 17.8. The number of para-hydroxylation sites is 2. The van der Waals surface area contributed by atoms with Gasteiger partial charge >= 0.3 is 0 Å². The molecule has 0 aliphatic heterocycles. The van der Waals surface area contributed by atoms with Crippen molar-refractivity contribution < 1.29 is 14.3 Å². The van der Waals surface area contributed by atoms with E-state index < -0.39 is 9.99 Å². The fourth-order valence-corrected chi connectivity index (χ4v) is 5.25. The number of benzene rings is 3. The second-order valence-corrected chi connectivity index (χ2v) is 8.99. The maximum Gasteiger partial charge on any atom is 0.259 e. The lowest BCUT2D eigenvalue weighted by Crippen LogP contribution is -2.43. The number of thioether (sulfide) groups is 2. The minimum Gasteiger partial charge on any atom is -0.495 e. The van der Waals surface area contributed by atoms with Crippen LogP contribution in [0.4, 0.5) is 5.69 Å². The molecule has 4 nitrogen and oxygen atoms in total. The quantitative estimate of drug-likeness (QED) is 0.294. The number of Topliss-reactive ketones (excluding diaryl/α,β-unsaturated/α-hetero) is 1. The Hall–Kier alpha value is -2.70. The molecule has 0 aromatic heterocycles. The van der Waals surface area contributed by atoms with Gasteiger partial charge < -0.3 is 10.1 Å². The van der Waals surface area contributed by atoms with Crippen LogP contribution in [-0.2, 0) is 9.59 Å². The van der Waals surface area contributed by atoms with Gasteiger partial charge in [-0.2, -0.15) is 0 Å². The predicted molar refractivity (Wildman–Crippen MR) is 120 cm³/mol. The van der Waals surface area contributed by atoms with Gasteiger partial charge in [-0.05, 0) is 43.3 Å². The predicted octanol–water partition coefficient (Wildman–Crippen LogP) is 5.50. The second-order valence-electron chi connectivity index (χ2n) is 6.16. The van der Waals surface area contributed by atoms with Gasteiger partial charge in [0.1, 0.15) is 5.75 Å². The number of hydrogen-bond donors (Lipinski definition) is 1. The van der Waals surface area contributed by atoms with Gasteiger partial charge in [-0.15, -0.1) is 0 Å². The highest BCUT2D eigenvalue weighted by atomic mass is 32.2. The van der Waals surface area contributed by atoms with Gasteiger partial charge in [0.15, 0.2) is 5.78 Å². The van der Waals surface area contributed by atoms with Crippen molar-refractivity contribution in [3.05, 3.63) is 84.9 Å². The molecule has 0 heterocycles. The van der Waals surface area contributed by atoms with Crippen molar-refractivity contribution in [1.82, 2.24) is 0 Å². The van der Waals surface area contributed by atoms with E-state index in [2.05, 4.69) is 5.32 Å². The highest BCUT2D eigenvalue weighted by molar-refractivity contribution is 8.20. The van der Waals surface area contributed by atoms with Gasteiger partial charge in [0, 0.05) is 9.79 Å². The van der Waals surface area contributed by atoms with E-state index in [0.717, 1.165) is 9.79 Å². The lowest BCUT2D eigenvalue weighted by atomic mass is 10.2. The van der Waals surface area contributed by atoms with Crippen molar-refractivity contribution in [2.75, 3.05) is 12.4 Å².